The van der Waals surface area contributed by atoms with E-state index in [1.807, 2.05) is 24.3 Å². The van der Waals surface area contributed by atoms with Gasteiger partial charge in [-0.3, -0.25) is 4.79 Å². The van der Waals surface area contributed by atoms with Crippen LogP contribution in [0.5, 0.6) is 11.5 Å². The molecule has 0 unspecified atom stereocenters. The minimum atomic E-state index is 0.0442. The summed E-state index contributed by atoms with van der Waals surface area (Å²) in [4.78, 5) is 13.1. The Bertz CT molecular complexity index is 892. The van der Waals surface area contributed by atoms with Gasteiger partial charge in [-0.1, -0.05) is 19.3 Å². The lowest BCUT2D eigenvalue weighted by molar-refractivity contribution is 0.0916. The standard InChI is InChI=1S/C25H34N2O3/c1-17-21(25(28)26-19-10-7-11-19)15-23(27(17)16-18-8-5-4-6-9-18)22-14-20(29-2)12-13-24(22)30-3/h12-15,18-19H,4-11,16H2,1-3H3,(H,26,28). The molecule has 0 atom stereocenters. The monoisotopic (exact) mass is 410 g/mol. The van der Waals surface area contributed by atoms with E-state index in [2.05, 4.69) is 16.8 Å². The maximum atomic E-state index is 13.1. The first-order valence-electron chi connectivity index (χ1n) is 11.3. The molecule has 0 aliphatic heterocycles. The van der Waals surface area contributed by atoms with Crippen molar-refractivity contribution in [1.82, 2.24) is 9.88 Å². The molecule has 0 bridgehead atoms. The van der Waals surface area contributed by atoms with Crippen molar-refractivity contribution in [3.63, 3.8) is 0 Å². The first-order valence-corrected chi connectivity index (χ1v) is 11.3. The lowest BCUT2D eigenvalue weighted by atomic mass is 9.89. The van der Waals surface area contributed by atoms with E-state index in [1.54, 1.807) is 14.2 Å². The molecule has 5 nitrogen and oxygen atoms in total. The number of carbonyl (C=O) groups excluding carboxylic acids is 1. The summed E-state index contributed by atoms with van der Waals surface area (Å²) >= 11 is 0. The van der Waals surface area contributed by atoms with Crippen molar-refractivity contribution in [3.05, 3.63) is 35.5 Å². The zero-order valence-corrected chi connectivity index (χ0v) is 18.5. The van der Waals surface area contributed by atoms with E-state index >= 15 is 0 Å². The Morgan fingerprint density at radius 1 is 1.03 bits per heavy atom. The summed E-state index contributed by atoms with van der Waals surface area (Å²) in [5.41, 5.74) is 3.82. The van der Waals surface area contributed by atoms with Crippen LogP contribution in [0, 0.1) is 12.8 Å². The highest BCUT2D eigenvalue weighted by molar-refractivity contribution is 5.97. The van der Waals surface area contributed by atoms with Crippen LogP contribution < -0.4 is 14.8 Å². The van der Waals surface area contributed by atoms with Crippen molar-refractivity contribution in [3.8, 4) is 22.8 Å². The molecular formula is C25H34N2O3. The van der Waals surface area contributed by atoms with Gasteiger partial charge in [0.25, 0.3) is 5.91 Å². The van der Waals surface area contributed by atoms with Crippen LogP contribution in [0.2, 0.25) is 0 Å². The van der Waals surface area contributed by atoms with Crippen LogP contribution in [0.25, 0.3) is 11.3 Å². The van der Waals surface area contributed by atoms with E-state index in [1.165, 1.54) is 38.5 Å². The predicted molar refractivity (Wildman–Crippen MR) is 119 cm³/mol. The van der Waals surface area contributed by atoms with Crippen LogP contribution in [0.4, 0.5) is 0 Å². The van der Waals surface area contributed by atoms with E-state index in [-0.39, 0.29) is 5.91 Å². The van der Waals surface area contributed by atoms with Crippen LogP contribution in [0.1, 0.15) is 67.4 Å². The van der Waals surface area contributed by atoms with Gasteiger partial charge in [0.15, 0.2) is 0 Å². The summed E-state index contributed by atoms with van der Waals surface area (Å²) in [6.07, 6.45) is 9.85. The minimum absolute atomic E-state index is 0.0442. The molecule has 1 aromatic carbocycles. The smallest absolute Gasteiger partial charge is 0.253 e. The van der Waals surface area contributed by atoms with Gasteiger partial charge >= 0.3 is 0 Å². The van der Waals surface area contributed by atoms with Crippen molar-refractivity contribution >= 4 is 5.91 Å². The predicted octanol–water partition coefficient (Wildman–Crippen LogP) is 5.34. The average Bonchev–Trinajstić information content (AvgIpc) is 3.07. The second-order valence-electron chi connectivity index (χ2n) is 8.81. The molecule has 30 heavy (non-hydrogen) atoms. The maximum Gasteiger partial charge on any atom is 0.253 e. The Morgan fingerprint density at radius 2 is 1.80 bits per heavy atom. The molecule has 2 saturated carbocycles. The van der Waals surface area contributed by atoms with Gasteiger partial charge in [0.1, 0.15) is 11.5 Å². The molecule has 0 radical (unpaired) electrons. The molecule has 0 spiro atoms. The molecule has 1 N–H and O–H groups in total. The third-order valence-electron chi connectivity index (χ3n) is 6.90. The van der Waals surface area contributed by atoms with E-state index in [0.717, 1.165) is 53.4 Å². The molecule has 0 saturated heterocycles. The van der Waals surface area contributed by atoms with E-state index in [4.69, 9.17) is 9.47 Å². The zero-order chi connectivity index (χ0) is 21.1. The highest BCUT2D eigenvalue weighted by Gasteiger charge is 2.26. The Kier molecular flexibility index (Phi) is 6.35. The number of methoxy groups -OCH3 is 2. The summed E-state index contributed by atoms with van der Waals surface area (Å²) in [5.74, 6) is 2.28. The molecule has 5 heteroatoms. The summed E-state index contributed by atoms with van der Waals surface area (Å²) in [6, 6.07) is 8.24. The lowest BCUT2D eigenvalue weighted by Crippen LogP contribution is -2.39. The normalized spacial score (nSPS) is 17.4. The summed E-state index contributed by atoms with van der Waals surface area (Å²) in [6.45, 7) is 3.02. The lowest BCUT2D eigenvalue weighted by Gasteiger charge is -2.26. The third kappa shape index (κ3) is 4.21. The second-order valence-corrected chi connectivity index (χ2v) is 8.81. The fourth-order valence-corrected chi connectivity index (χ4v) is 4.79. The first-order chi connectivity index (χ1) is 14.6. The van der Waals surface area contributed by atoms with Gasteiger partial charge in [-0.15, -0.1) is 0 Å². The van der Waals surface area contributed by atoms with Crippen LogP contribution in [-0.4, -0.2) is 30.7 Å². The molecule has 2 aromatic rings. The van der Waals surface area contributed by atoms with Gasteiger partial charge in [-0.25, -0.2) is 0 Å². The van der Waals surface area contributed by atoms with Crippen molar-refractivity contribution in [2.75, 3.05) is 14.2 Å². The number of rotatable bonds is 7. The van der Waals surface area contributed by atoms with Gasteiger partial charge < -0.3 is 19.4 Å². The topological polar surface area (TPSA) is 52.5 Å². The van der Waals surface area contributed by atoms with Crippen LogP contribution >= 0.6 is 0 Å². The fraction of sp³-hybridized carbons (Fsp3) is 0.560. The number of benzene rings is 1. The molecule has 2 aliphatic carbocycles. The van der Waals surface area contributed by atoms with Crippen LogP contribution in [-0.2, 0) is 6.54 Å². The number of carbonyl (C=O) groups is 1. The van der Waals surface area contributed by atoms with Crippen molar-refractivity contribution < 1.29 is 14.3 Å². The van der Waals surface area contributed by atoms with Crippen molar-refractivity contribution in [2.24, 2.45) is 5.92 Å². The van der Waals surface area contributed by atoms with Gasteiger partial charge in [-0.05, 0) is 69.2 Å². The number of hydrogen-bond donors (Lipinski definition) is 1. The number of ether oxygens (including phenoxy) is 2. The number of aromatic nitrogens is 1. The Balaban J connectivity index is 1.75. The van der Waals surface area contributed by atoms with Gasteiger partial charge in [0, 0.05) is 23.8 Å². The summed E-state index contributed by atoms with van der Waals surface area (Å²) in [7, 11) is 3.37. The van der Waals surface area contributed by atoms with Crippen LogP contribution in [0.15, 0.2) is 24.3 Å². The number of hydrogen-bond acceptors (Lipinski definition) is 3. The quantitative estimate of drug-likeness (QED) is 0.670. The number of nitrogens with zero attached hydrogens (tertiary/aromatic N) is 1. The largest absolute Gasteiger partial charge is 0.497 e. The maximum absolute atomic E-state index is 13.1. The Labute approximate surface area is 179 Å². The van der Waals surface area contributed by atoms with Gasteiger partial charge in [0.2, 0.25) is 0 Å². The van der Waals surface area contributed by atoms with Gasteiger partial charge in [0.05, 0.1) is 25.5 Å². The number of nitrogens with one attached hydrogen (secondary N) is 1. The molecule has 4 rings (SSSR count). The third-order valence-corrected chi connectivity index (χ3v) is 6.90. The molecule has 2 aliphatic rings. The highest BCUT2D eigenvalue weighted by atomic mass is 16.5. The van der Waals surface area contributed by atoms with Crippen LogP contribution in [0.3, 0.4) is 0 Å². The summed E-state index contributed by atoms with van der Waals surface area (Å²) in [5, 5.41) is 3.21. The van der Waals surface area contributed by atoms with E-state index in [0.29, 0.717) is 12.0 Å². The molecular weight excluding hydrogens is 376 g/mol. The minimum Gasteiger partial charge on any atom is -0.497 e. The zero-order valence-electron chi connectivity index (χ0n) is 18.5. The molecule has 1 amide bonds. The van der Waals surface area contributed by atoms with E-state index < -0.39 is 0 Å². The molecule has 2 fully saturated rings. The van der Waals surface area contributed by atoms with Gasteiger partial charge in [-0.2, -0.15) is 0 Å². The van der Waals surface area contributed by atoms with Crippen molar-refractivity contribution in [2.45, 2.75) is 70.9 Å². The second kappa shape index (κ2) is 9.15. The van der Waals surface area contributed by atoms with E-state index in [9.17, 15) is 4.79 Å². The SMILES string of the molecule is COc1ccc(OC)c(-c2cc(C(=O)NC3CCC3)c(C)n2CC2CCCCC2)c1. The molecule has 1 heterocycles. The highest BCUT2D eigenvalue weighted by Crippen LogP contribution is 2.37. The molecule has 162 valence electrons. The fourth-order valence-electron chi connectivity index (χ4n) is 4.79. The summed E-state index contributed by atoms with van der Waals surface area (Å²) < 4.78 is 13.5. The number of amides is 1. The Hall–Kier alpha value is -2.43. The van der Waals surface area contributed by atoms with Crippen molar-refractivity contribution in [1.29, 1.82) is 0 Å². The molecule has 1 aromatic heterocycles. The first kappa shape index (κ1) is 20.8. The Morgan fingerprint density at radius 3 is 2.43 bits per heavy atom. The average molecular weight is 411 g/mol.